The SMILES string of the molecule is [B]c1ccc(CC)c(F)c1. The minimum atomic E-state index is -0.206. The summed E-state index contributed by atoms with van der Waals surface area (Å²) in [5.41, 5.74) is 1.20. The van der Waals surface area contributed by atoms with E-state index in [-0.39, 0.29) is 5.82 Å². The van der Waals surface area contributed by atoms with Crippen LogP contribution in [0.4, 0.5) is 4.39 Å². The molecule has 0 atom stereocenters. The molecule has 0 amide bonds. The normalized spacial score (nSPS) is 9.80. The molecule has 1 aromatic rings. The van der Waals surface area contributed by atoms with E-state index in [1.54, 1.807) is 12.1 Å². The van der Waals surface area contributed by atoms with Gasteiger partial charge >= 0.3 is 0 Å². The van der Waals surface area contributed by atoms with Gasteiger partial charge in [0.1, 0.15) is 13.7 Å². The summed E-state index contributed by atoms with van der Waals surface area (Å²) in [6.45, 7) is 1.91. The van der Waals surface area contributed by atoms with Gasteiger partial charge in [0.15, 0.2) is 0 Å². The first-order valence-electron chi connectivity index (χ1n) is 3.28. The van der Waals surface area contributed by atoms with E-state index in [0.29, 0.717) is 17.4 Å². The molecular weight excluding hydrogens is 126 g/mol. The highest BCUT2D eigenvalue weighted by Crippen LogP contribution is 2.04. The van der Waals surface area contributed by atoms with Crippen LogP contribution in [0.1, 0.15) is 12.5 Å². The molecule has 2 heteroatoms. The lowest BCUT2D eigenvalue weighted by atomic mass is 9.94. The minimum absolute atomic E-state index is 0.206. The van der Waals surface area contributed by atoms with E-state index in [9.17, 15) is 4.39 Å². The third-order valence-electron chi connectivity index (χ3n) is 1.46. The average Bonchev–Trinajstić information content (AvgIpc) is 1.88. The van der Waals surface area contributed by atoms with Crippen LogP contribution in [0.3, 0.4) is 0 Å². The van der Waals surface area contributed by atoms with Gasteiger partial charge in [-0.05, 0) is 18.1 Å². The molecule has 0 saturated carbocycles. The van der Waals surface area contributed by atoms with Crippen LogP contribution in [0.5, 0.6) is 0 Å². The van der Waals surface area contributed by atoms with E-state index < -0.39 is 0 Å². The van der Waals surface area contributed by atoms with E-state index in [1.165, 1.54) is 6.07 Å². The Balaban J connectivity index is 3.07. The maximum Gasteiger partial charge on any atom is 0.125 e. The van der Waals surface area contributed by atoms with Crippen molar-refractivity contribution in [2.45, 2.75) is 13.3 Å². The van der Waals surface area contributed by atoms with Gasteiger partial charge in [-0.2, -0.15) is 0 Å². The van der Waals surface area contributed by atoms with Crippen molar-refractivity contribution in [1.82, 2.24) is 0 Å². The Bertz CT molecular complexity index is 233. The van der Waals surface area contributed by atoms with Gasteiger partial charge in [-0.1, -0.05) is 24.5 Å². The molecule has 1 aromatic carbocycles. The van der Waals surface area contributed by atoms with Crippen molar-refractivity contribution >= 4 is 13.3 Å². The second kappa shape index (κ2) is 2.87. The van der Waals surface area contributed by atoms with Gasteiger partial charge in [0.2, 0.25) is 0 Å². The molecule has 0 nitrogen and oxygen atoms in total. The molecule has 0 bridgehead atoms. The van der Waals surface area contributed by atoms with Crippen LogP contribution in [0.25, 0.3) is 0 Å². The van der Waals surface area contributed by atoms with Gasteiger partial charge in [0.05, 0.1) is 0 Å². The van der Waals surface area contributed by atoms with Crippen LogP contribution in [0.2, 0.25) is 0 Å². The Morgan fingerprint density at radius 3 is 2.70 bits per heavy atom. The zero-order chi connectivity index (χ0) is 7.56. The molecule has 0 spiro atoms. The van der Waals surface area contributed by atoms with E-state index in [4.69, 9.17) is 7.85 Å². The van der Waals surface area contributed by atoms with Crippen molar-refractivity contribution in [3.8, 4) is 0 Å². The molecule has 50 valence electrons. The number of halogens is 1. The van der Waals surface area contributed by atoms with Crippen LogP contribution in [0, 0.1) is 5.82 Å². The molecule has 0 fully saturated rings. The number of aryl methyl sites for hydroxylation is 1. The fraction of sp³-hybridized carbons (Fsp3) is 0.250. The van der Waals surface area contributed by atoms with Gasteiger partial charge in [-0.3, -0.25) is 0 Å². The monoisotopic (exact) mass is 134 g/mol. The highest BCUT2D eigenvalue weighted by Gasteiger charge is 1.96. The minimum Gasteiger partial charge on any atom is -0.207 e. The molecule has 0 saturated heterocycles. The highest BCUT2D eigenvalue weighted by molar-refractivity contribution is 6.32. The van der Waals surface area contributed by atoms with E-state index >= 15 is 0 Å². The first-order valence-corrected chi connectivity index (χ1v) is 3.28. The molecule has 0 N–H and O–H groups in total. The van der Waals surface area contributed by atoms with E-state index in [0.717, 1.165) is 0 Å². The summed E-state index contributed by atoms with van der Waals surface area (Å²) in [6.07, 6.45) is 0.714. The van der Waals surface area contributed by atoms with E-state index in [1.807, 2.05) is 6.92 Å². The number of benzene rings is 1. The van der Waals surface area contributed by atoms with Crippen LogP contribution in [-0.2, 0) is 6.42 Å². The Morgan fingerprint density at radius 2 is 2.20 bits per heavy atom. The Hall–Kier alpha value is -0.785. The third kappa shape index (κ3) is 1.38. The zero-order valence-electron chi connectivity index (χ0n) is 5.89. The van der Waals surface area contributed by atoms with Crippen LogP contribution in [-0.4, -0.2) is 7.85 Å². The predicted molar refractivity (Wildman–Crippen MR) is 41.2 cm³/mol. The van der Waals surface area contributed by atoms with Gasteiger partial charge in [-0.25, -0.2) is 4.39 Å². The standard InChI is InChI=1S/C8H8BF/c1-2-6-3-4-7(9)5-8(6)10/h3-5H,2H2,1H3. The zero-order valence-corrected chi connectivity index (χ0v) is 5.89. The molecular formula is C8H8BF. The van der Waals surface area contributed by atoms with Crippen LogP contribution < -0.4 is 5.46 Å². The van der Waals surface area contributed by atoms with Crippen LogP contribution in [0.15, 0.2) is 18.2 Å². The van der Waals surface area contributed by atoms with Crippen molar-refractivity contribution in [1.29, 1.82) is 0 Å². The molecule has 0 unspecified atom stereocenters. The second-order valence-corrected chi connectivity index (χ2v) is 2.20. The molecule has 0 aliphatic heterocycles. The molecule has 0 aliphatic rings. The molecule has 0 heterocycles. The van der Waals surface area contributed by atoms with Crippen molar-refractivity contribution < 1.29 is 4.39 Å². The summed E-state index contributed by atoms with van der Waals surface area (Å²) >= 11 is 0. The van der Waals surface area contributed by atoms with Gasteiger partial charge in [0, 0.05) is 0 Å². The summed E-state index contributed by atoms with van der Waals surface area (Å²) in [7, 11) is 5.34. The summed E-state index contributed by atoms with van der Waals surface area (Å²) in [6, 6.07) is 4.77. The fourth-order valence-electron chi connectivity index (χ4n) is 0.850. The average molecular weight is 134 g/mol. The maximum atomic E-state index is 12.8. The topological polar surface area (TPSA) is 0 Å². The van der Waals surface area contributed by atoms with Gasteiger partial charge < -0.3 is 0 Å². The van der Waals surface area contributed by atoms with Gasteiger partial charge in [0.25, 0.3) is 0 Å². The number of hydrogen-bond acceptors (Lipinski definition) is 0. The summed E-state index contributed by atoms with van der Waals surface area (Å²) in [5.74, 6) is -0.206. The summed E-state index contributed by atoms with van der Waals surface area (Å²) in [4.78, 5) is 0. The summed E-state index contributed by atoms with van der Waals surface area (Å²) in [5, 5.41) is 0. The van der Waals surface area contributed by atoms with Crippen LogP contribution >= 0.6 is 0 Å². The van der Waals surface area contributed by atoms with Gasteiger partial charge in [-0.15, -0.1) is 0 Å². The van der Waals surface area contributed by atoms with Crippen molar-refractivity contribution in [3.05, 3.63) is 29.6 Å². The number of hydrogen-bond donors (Lipinski definition) is 0. The van der Waals surface area contributed by atoms with E-state index in [2.05, 4.69) is 0 Å². The lowest BCUT2D eigenvalue weighted by Gasteiger charge is -1.98. The molecule has 10 heavy (non-hydrogen) atoms. The summed E-state index contributed by atoms with van der Waals surface area (Å²) < 4.78 is 12.8. The second-order valence-electron chi connectivity index (χ2n) is 2.20. The molecule has 2 radical (unpaired) electrons. The lowest BCUT2D eigenvalue weighted by Crippen LogP contribution is -2.03. The molecule has 1 rings (SSSR count). The largest absolute Gasteiger partial charge is 0.207 e. The first-order chi connectivity index (χ1) is 4.74. The van der Waals surface area contributed by atoms with Crippen molar-refractivity contribution in [2.75, 3.05) is 0 Å². The number of rotatable bonds is 1. The Morgan fingerprint density at radius 1 is 1.50 bits per heavy atom. The third-order valence-corrected chi connectivity index (χ3v) is 1.46. The van der Waals surface area contributed by atoms with Crippen molar-refractivity contribution in [2.24, 2.45) is 0 Å². The first kappa shape index (κ1) is 7.32. The Labute approximate surface area is 61.5 Å². The molecule has 0 aliphatic carbocycles. The lowest BCUT2D eigenvalue weighted by molar-refractivity contribution is 0.613. The maximum absolute atomic E-state index is 12.8. The quantitative estimate of drug-likeness (QED) is 0.506. The fourth-order valence-corrected chi connectivity index (χ4v) is 0.850. The van der Waals surface area contributed by atoms with Crippen molar-refractivity contribution in [3.63, 3.8) is 0 Å². The molecule has 0 aromatic heterocycles. The smallest absolute Gasteiger partial charge is 0.125 e. The highest BCUT2D eigenvalue weighted by atomic mass is 19.1. The Kier molecular flexibility index (Phi) is 2.10. The predicted octanol–water partition coefficient (Wildman–Crippen LogP) is 1.18.